The Kier molecular flexibility index (Phi) is 5.75. The Morgan fingerprint density at radius 3 is 2.27 bits per heavy atom. The lowest BCUT2D eigenvalue weighted by Gasteiger charge is -2.25. The van der Waals surface area contributed by atoms with Crippen LogP contribution in [0.25, 0.3) is 5.76 Å². The first-order valence-corrected chi connectivity index (χ1v) is 10.2. The average molecular weight is 408 g/mol. The highest BCUT2D eigenvalue weighted by atomic mass is 16.3. The number of carbonyl (C=O) groups excluding carboxylic acids is 2. The van der Waals surface area contributed by atoms with Crippen LogP contribution in [-0.2, 0) is 15.0 Å². The first kappa shape index (κ1) is 21.6. The Morgan fingerprint density at radius 2 is 1.70 bits per heavy atom. The van der Waals surface area contributed by atoms with Crippen LogP contribution in [0.4, 0.5) is 0 Å². The largest absolute Gasteiger partial charge is 0.508 e. The van der Waals surface area contributed by atoms with Crippen molar-refractivity contribution < 1.29 is 19.8 Å². The maximum atomic E-state index is 13.0. The van der Waals surface area contributed by atoms with Crippen LogP contribution < -0.4 is 0 Å². The van der Waals surface area contributed by atoms with Gasteiger partial charge in [0.25, 0.3) is 11.7 Å². The molecule has 3 rings (SSSR count). The summed E-state index contributed by atoms with van der Waals surface area (Å²) in [7, 11) is 0. The molecule has 5 nitrogen and oxygen atoms in total. The standard InChI is InChI=1S/C25H29NO4/c1-6-13-26-21(16-8-11-18(27)12-9-16)20(23(29)24(26)30)22(28)19-14-17(25(3,4)5)10-7-15(19)2/h7-12,14,21,27-28H,6,13H2,1-5H3/b22-20+. The van der Waals surface area contributed by atoms with E-state index < -0.39 is 17.7 Å². The Balaban J connectivity index is 2.24. The minimum absolute atomic E-state index is 0.0910. The van der Waals surface area contributed by atoms with Crippen molar-refractivity contribution in [2.75, 3.05) is 6.54 Å². The summed E-state index contributed by atoms with van der Waals surface area (Å²) in [6, 6.07) is 11.5. The fourth-order valence-corrected chi connectivity index (χ4v) is 3.84. The topological polar surface area (TPSA) is 77.8 Å². The molecule has 158 valence electrons. The van der Waals surface area contributed by atoms with Crippen molar-refractivity contribution in [3.8, 4) is 5.75 Å². The van der Waals surface area contributed by atoms with Crippen LogP contribution in [0.1, 0.15) is 62.4 Å². The van der Waals surface area contributed by atoms with E-state index in [1.54, 1.807) is 12.1 Å². The third-order valence-electron chi connectivity index (χ3n) is 5.57. The molecule has 1 saturated heterocycles. The number of rotatable bonds is 4. The zero-order chi connectivity index (χ0) is 22.2. The maximum Gasteiger partial charge on any atom is 0.295 e. The van der Waals surface area contributed by atoms with E-state index in [2.05, 4.69) is 20.8 Å². The quantitative estimate of drug-likeness (QED) is 0.432. The molecule has 0 saturated carbocycles. The second-order valence-corrected chi connectivity index (χ2v) is 8.86. The minimum atomic E-state index is -0.691. The third kappa shape index (κ3) is 3.84. The molecule has 0 spiro atoms. The van der Waals surface area contributed by atoms with Crippen molar-refractivity contribution >= 4 is 17.4 Å². The van der Waals surface area contributed by atoms with E-state index in [9.17, 15) is 19.8 Å². The molecule has 1 aliphatic rings. The number of ketones is 1. The zero-order valence-electron chi connectivity index (χ0n) is 18.2. The van der Waals surface area contributed by atoms with Gasteiger partial charge in [0.05, 0.1) is 11.6 Å². The summed E-state index contributed by atoms with van der Waals surface area (Å²) in [5.41, 5.74) is 3.04. The van der Waals surface area contributed by atoms with Crippen molar-refractivity contribution in [1.29, 1.82) is 0 Å². The zero-order valence-corrected chi connectivity index (χ0v) is 18.2. The van der Waals surface area contributed by atoms with Crippen molar-refractivity contribution in [2.24, 2.45) is 0 Å². The molecule has 0 bridgehead atoms. The smallest absolute Gasteiger partial charge is 0.295 e. The highest BCUT2D eigenvalue weighted by Gasteiger charge is 2.45. The molecule has 0 aliphatic carbocycles. The summed E-state index contributed by atoms with van der Waals surface area (Å²) in [5, 5.41) is 20.9. The summed E-state index contributed by atoms with van der Waals surface area (Å²) in [5.74, 6) is -1.35. The van der Waals surface area contributed by atoms with E-state index in [1.807, 2.05) is 32.0 Å². The predicted octanol–water partition coefficient (Wildman–Crippen LogP) is 4.83. The lowest BCUT2D eigenvalue weighted by molar-refractivity contribution is -0.139. The summed E-state index contributed by atoms with van der Waals surface area (Å²) in [6.45, 7) is 10.4. The molecule has 30 heavy (non-hydrogen) atoms. The lowest BCUT2D eigenvalue weighted by Crippen LogP contribution is -2.30. The van der Waals surface area contributed by atoms with Gasteiger partial charge in [-0.25, -0.2) is 0 Å². The molecule has 2 aromatic carbocycles. The van der Waals surface area contributed by atoms with Crippen LogP contribution in [0.15, 0.2) is 48.0 Å². The monoisotopic (exact) mass is 407 g/mol. The number of nitrogens with zero attached hydrogens (tertiary/aromatic N) is 1. The molecule has 1 atom stereocenters. The number of aliphatic hydroxyl groups is 1. The normalized spacial score (nSPS) is 18.8. The van der Waals surface area contributed by atoms with Gasteiger partial charge in [-0.1, -0.05) is 52.0 Å². The van der Waals surface area contributed by atoms with Gasteiger partial charge in [-0.05, 0) is 53.6 Å². The molecular weight excluding hydrogens is 378 g/mol. The molecule has 2 aromatic rings. The van der Waals surface area contributed by atoms with Gasteiger partial charge in [-0.2, -0.15) is 0 Å². The van der Waals surface area contributed by atoms with Gasteiger partial charge < -0.3 is 15.1 Å². The molecule has 5 heteroatoms. The number of likely N-dealkylation sites (tertiary alicyclic amines) is 1. The highest BCUT2D eigenvalue weighted by Crippen LogP contribution is 2.40. The van der Waals surface area contributed by atoms with Crippen LogP contribution in [0.2, 0.25) is 0 Å². The number of amides is 1. The number of phenols is 1. The molecule has 1 aliphatic heterocycles. The second kappa shape index (κ2) is 7.98. The number of benzene rings is 2. The summed E-state index contributed by atoms with van der Waals surface area (Å²) in [6.07, 6.45) is 0.681. The SMILES string of the molecule is CCCN1C(=O)C(=O)/C(=C(/O)c2cc(C(C)(C)C)ccc2C)C1c1ccc(O)cc1. The fourth-order valence-electron chi connectivity index (χ4n) is 3.84. The third-order valence-corrected chi connectivity index (χ3v) is 5.57. The summed E-state index contributed by atoms with van der Waals surface area (Å²) < 4.78 is 0. The van der Waals surface area contributed by atoms with Crippen molar-refractivity contribution in [2.45, 2.75) is 52.5 Å². The molecule has 1 unspecified atom stereocenters. The number of aromatic hydroxyl groups is 1. The van der Waals surface area contributed by atoms with E-state index in [-0.39, 0.29) is 22.5 Å². The van der Waals surface area contributed by atoms with Gasteiger partial charge in [0.15, 0.2) is 0 Å². The maximum absolute atomic E-state index is 13.0. The van der Waals surface area contributed by atoms with Gasteiger partial charge in [0, 0.05) is 12.1 Å². The van der Waals surface area contributed by atoms with Crippen LogP contribution >= 0.6 is 0 Å². The lowest BCUT2D eigenvalue weighted by atomic mass is 9.84. The van der Waals surface area contributed by atoms with Crippen molar-refractivity contribution in [3.63, 3.8) is 0 Å². The number of aliphatic hydroxyl groups excluding tert-OH is 1. The first-order chi connectivity index (χ1) is 14.1. The van der Waals surface area contributed by atoms with Crippen molar-refractivity contribution in [3.05, 3.63) is 70.3 Å². The van der Waals surface area contributed by atoms with Crippen LogP contribution in [0.3, 0.4) is 0 Å². The van der Waals surface area contributed by atoms with Gasteiger partial charge in [-0.3, -0.25) is 9.59 Å². The summed E-state index contributed by atoms with van der Waals surface area (Å²) >= 11 is 0. The molecular formula is C25H29NO4. The highest BCUT2D eigenvalue weighted by molar-refractivity contribution is 6.46. The number of Topliss-reactive ketones (excluding diaryl/α,β-unsaturated/α-hetero) is 1. The number of aryl methyl sites for hydroxylation is 1. The molecule has 1 heterocycles. The second-order valence-electron chi connectivity index (χ2n) is 8.86. The summed E-state index contributed by atoms with van der Waals surface area (Å²) in [4.78, 5) is 27.3. The number of carbonyl (C=O) groups is 2. The average Bonchev–Trinajstić information content (AvgIpc) is 2.93. The number of hydrogen-bond donors (Lipinski definition) is 2. The van der Waals surface area contributed by atoms with Gasteiger partial charge >= 0.3 is 0 Å². The van der Waals surface area contributed by atoms with Gasteiger partial charge in [0.2, 0.25) is 0 Å². The number of phenolic OH excluding ortho intramolecular Hbond substituents is 1. The predicted molar refractivity (Wildman–Crippen MR) is 117 cm³/mol. The van der Waals surface area contributed by atoms with Crippen LogP contribution in [-0.4, -0.2) is 33.3 Å². The van der Waals surface area contributed by atoms with E-state index in [4.69, 9.17) is 0 Å². The van der Waals surface area contributed by atoms with E-state index in [1.165, 1.54) is 17.0 Å². The van der Waals surface area contributed by atoms with E-state index in [0.717, 1.165) is 11.1 Å². The Morgan fingerprint density at radius 1 is 1.07 bits per heavy atom. The molecule has 0 radical (unpaired) electrons. The number of hydrogen-bond acceptors (Lipinski definition) is 4. The Hall–Kier alpha value is -3.08. The Labute approximate surface area is 177 Å². The molecule has 1 fully saturated rings. The molecule has 2 N–H and O–H groups in total. The van der Waals surface area contributed by atoms with Gasteiger partial charge in [-0.15, -0.1) is 0 Å². The molecule has 0 aromatic heterocycles. The van der Waals surface area contributed by atoms with Crippen LogP contribution in [0.5, 0.6) is 5.75 Å². The fraction of sp³-hybridized carbons (Fsp3) is 0.360. The minimum Gasteiger partial charge on any atom is -0.508 e. The first-order valence-electron chi connectivity index (χ1n) is 10.2. The molecule has 1 amide bonds. The Bertz CT molecular complexity index is 1010. The van der Waals surface area contributed by atoms with Crippen LogP contribution in [0, 0.1) is 6.92 Å². The van der Waals surface area contributed by atoms with E-state index >= 15 is 0 Å². The van der Waals surface area contributed by atoms with Gasteiger partial charge in [0.1, 0.15) is 11.5 Å². The van der Waals surface area contributed by atoms with E-state index in [0.29, 0.717) is 24.1 Å². The van der Waals surface area contributed by atoms with Crippen molar-refractivity contribution in [1.82, 2.24) is 4.90 Å².